The molecular formula is C16H22BrN3O. The van der Waals surface area contributed by atoms with Crippen LogP contribution in [0.5, 0.6) is 0 Å². The third kappa shape index (κ3) is 2.91. The van der Waals surface area contributed by atoms with Gasteiger partial charge in [0.2, 0.25) is 0 Å². The normalized spacial score (nSPS) is 15.7. The Labute approximate surface area is 134 Å². The smallest absolute Gasteiger partial charge is 0.0738 e. The van der Waals surface area contributed by atoms with Crippen LogP contribution in [0.3, 0.4) is 0 Å². The zero-order valence-electron chi connectivity index (χ0n) is 12.7. The summed E-state index contributed by atoms with van der Waals surface area (Å²) in [6.07, 6.45) is 0.0651. The quantitative estimate of drug-likeness (QED) is 0.868. The average Bonchev–Trinajstić information content (AvgIpc) is 2.71. The third-order valence-electron chi connectivity index (χ3n) is 4.26. The first-order valence-corrected chi connectivity index (χ1v) is 7.83. The van der Waals surface area contributed by atoms with E-state index in [-0.39, 0.29) is 0 Å². The van der Waals surface area contributed by atoms with Crippen LogP contribution in [-0.2, 0) is 18.9 Å². The van der Waals surface area contributed by atoms with E-state index in [0.29, 0.717) is 13.0 Å². The molecule has 1 aromatic heterocycles. The van der Waals surface area contributed by atoms with Gasteiger partial charge < -0.3 is 10.8 Å². The van der Waals surface area contributed by atoms with Crippen molar-refractivity contribution in [3.63, 3.8) is 0 Å². The standard InChI is InChI=1S/C16H22BrN3O/c1-11-15(17)14(20(3)19-11)9-16(10-18,12(2)21)13-7-5-4-6-8-13/h4-8,12,21H,9-10,18H2,1-3H3. The van der Waals surface area contributed by atoms with Crippen molar-refractivity contribution in [2.75, 3.05) is 6.54 Å². The molecule has 21 heavy (non-hydrogen) atoms. The van der Waals surface area contributed by atoms with Crippen molar-refractivity contribution in [3.8, 4) is 0 Å². The van der Waals surface area contributed by atoms with Crippen LogP contribution < -0.4 is 5.73 Å². The van der Waals surface area contributed by atoms with Crippen molar-refractivity contribution in [1.29, 1.82) is 0 Å². The summed E-state index contributed by atoms with van der Waals surface area (Å²) in [5.41, 5.74) is 8.60. The first kappa shape index (κ1) is 16.2. The Kier molecular flexibility index (Phi) is 4.86. The van der Waals surface area contributed by atoms with Gasteiger partial charge in [-0.2, -0.15) is 5.10 Å². The van der Waals surface area contributed by atoms with Crippen molar-refractivity contribution in [1.82, 2.24) is 9.78 Å². The van der Waals surface area contributed by atoms with Gasteiger partial charge in [0, 0.05) is 25.4 Å². The summed E-state index contributed by atoms with van der Waals surface area (Å²) < 4.78 is 2.84. The van der Waals surface area contributed by atoms with Crippen molar-refractivity contribution < 1.29 is 5.11 Å². The summed E-state index contributed by atoms with van der Waals surface area (Å²) in [5, 5.41) is 14.9. The van der Waals surface area contributed by atoms with Crippen molar-refractivity contribution >= 4 is 15.9 Å². The highest BCUT2D eigenvalue weighted by atomic mass is 79.9. The number of hydrogen-bond acceptors (Lipinski definition) is 3. The number of benzene rings is 1. The number of rotatable bonds is 5. The predicted molar refractivity (Wildman–Crippen MR) is 88.2 cm³/mol. The van der Waals surface area contributed by atoms with Gasteiger partial charge in [-0.1, -0.05) is 30.3 Å². The van der Waals surface area contributed by atoms with Gasteiger partial charge in [-0.3, -0.25) is 4.68 Å². The number of aliphatic hydroxyl groups excluding tert-OH is 1. The van der Waals surface area contributed by atoms with E-state index in [4.69, 9.17) is 5.73 Å². The molecule has 114 valence electrons. The molecular weight excluding hydrogens is 330 g/mol. The maximum atomic E-state index is 10.4. The van der Waals surface area contributed by atoms with Crippen LogP contribution in [0.2, 0.25) is 0 Å². The van der Waals surface area contributed by atoms with Crippen LogP contribution in [0.25, 0.3) is 0 Å². The zero-order valence-corrected chi connectivity index (χ0v) is 14.3. The van der Waals surface area contributed by atoms with Gasteiger partial charge in [-0.15, -0.1) is 0 Å². The van der Waals surface area contributed by atoms with Crippen LogP contribution in [0.4, 0.5) is 0 Å². The Morgan fingerprint density at radius 2 is 2.00 bits per heavy atom. The van der Waals surface area contributed by atoms with E-state index in [1.807, 2.05) is 49.0 Å². The molecule has 2 atom stereocenters. The maximum absolute atomic E-state index is 10.4. The molecule has 1 heterocycles. The van der Waals surface area contributed by atoms with Gasteiger partial charge in [-0.05, 0) is 35.3 Å². The summed E-state index contributed by atoms with van der Waals surface area (Å²) >= 11 is 3.60. The zero-order chi connectivity index (χ0) is 15.6. The molecule has 0 radical (unpaired) electrons. The molecule has 0 aliphatic carbocycles. The summed E-state index contributed by atoms with van der Waals surface area (Å²) in [6.45, 7) is 4.13. The first-order valence-electron chi connectivity index (χ1n) is 7.04. The molecule has 0 aliphatic rings. The second kappa shape index (κ2) is 6.30. The summed E-state index contributed by atoms with van der Waals surface area (Å²) in [7, 11) is 1.92. The molecule has 0 spiro atoms. The first-order chi connectivity index (χ1) is 9.92. The van der Waals surface area contributed by atoms with Crippen LogP contribution >= 0.6 is 15.9 Å². The summed E-state index contributed by atoms with van der Waals surface area (Å²) in [6, 6.07) is 9.97. The molecule has 0 fully saturated rings. The highest BCUT2D eigenvalue weighted by Gasteiger charge is 2.37. The lowest BCUT2D eigenvalue weighted by molar-refractivity contribution is 0.0987. The van der Waals surface area contributed by atoms with Crippen LogP contribution in [0, 0.1) is 6.92 Å². The van der Waals surface area contributed by atoms with Crippen molar-refractivity contribution in [2.24, 2.45) is 12.8 Å². The lowest BCUT2D eigenvalue weighted by Gasteiger charge is -2.36. The number of aromatic nitrogens is 2. The molecule has 0 aliphatic heterocycles. The SMILES string of the molecule is Cc1nn(C)c(CC(CN)(c2ccccc2)C(C)O)c1Br. The molecule has 2 aromatic rings. The maximum Gasteiger partial charge on any atom is 0.0738 e. The van der Waals surface area contributed by atoms with Gasteiger partial charge in [0.15, 0.2) is 0 Å². The van der Waals surface area contributed by atoms with Crippen LogP contribution in [0.1, 0.15) is 23.9 Å². The summed E-state index contributed by atoms with van der Waals surface area (Å²) in [4.78, 5) is 0. The monoisotopic (exact) mass is 351 g/mol. The highest BCUT2D eigenvalue weighted by molar-refractivity contribution is 9.10. The Bertz CT molecular complexity index is 609. The van der Waals surface area contributed by atoms with Crippen LogP contribution in [-0.4, -0.2) is 27.5 Å². The van der Waals surface area contributed by atoms with E-state index in [1.54, 1.807) is 6.92 Å². The Hall–Kier alpha value is -1.17. The fourth-order valence-corrected chi connectivity index (χ4v) is 3.27. The van der Waals surface area contributed by atoms with Crippen molar-refractivity contribution in [2.45, 2.75) is 31.8 Å². The molecule has 0 bridgehead atoms. The summed E-state index contributed by atoms with van der Waals surface area (Å²) in [5.74, 6) is 0. The molecule has 0 saturated heterocycles. The number of hydrogen-bond donors (Lipinski definition) is 2. The second-order valence-electron chi connectivity index (χ2n) is 5.55. The van der Waals surface area contributed by atoms with Gasteiger partial charge in [0.1, 0.15) is 0 Å². The minimum atomic E-state index is -0.563. The largest absolute Gasteiger partial charge is 0.392 e. The molecule has 2 unspecified atom stereocenters. The number of nitrogens with zero attached hydrogens (tertiary/aromatic N) is 2. The van der Waals surface area contributed by atoms with Crippen LogP contribution in [0.15, 0.2) is 34.8 Å². The molecule has 3 N–H and O–H groups in total. The van der Waals surface area contributed by atoms with Crippen molar-refractivity contribution in [3.05, 3.63) is 51.8 Å². The predicted octanol–water partition coefficient (Wildman–Crippen LogP) is 2.31. The number of aryl methyl sites for hydroxylation is 2. The topological polar surface area (TPSA) is 64.1 Å². The minimum Gasteiger partial charge on any atom is -0.392 e. The van der Waals surface area contributed by atoms with E-state index in [9.17, 15) is 5.11 Å². The average molecular weight is 352 g/mol. The van der Waals surface area contributed by atoms with E-state index in [1.165, 1.54) is 0 Å². The van der Waals surface area contributed by atoms with E-state index < -0.39 is 11.5 Å². The van der Waals surface area contributed by atoms with Gasteiger partial charge >= 0.3 is 0 Å². The molecule has 1 aromatic carbocycles. The fraction of sp³-hybridized carbons (Fsp3) is 0.438. The third-order valence-corrected chi connectivity index (χ3v) is 5.29. The number of halogens is 1. The lowest BCUT2D eigenvalue weighted by atomic mass is 9.72. The van der Waals surface area contributed by atoms with Gasteiger partial charge in [0.05, 0.1) is 22.0 Å². The number of nitrogens with two attached hydrogens (primary N) is 1. The van der Waals surface area contributed by atoms with Gasteiger partial charge in [-0.25, -0.2) is 0 Å². The Balaban J connectivity index is 2.52. The van der Waals surface area contributed by atoms with Gasteiger partial charge in [0.25, 0.3) is 0 Å². The molecule has 0 amide bonds. The second-order valence-corrected chi connectivity index (χ2v) is 6.34. The molecule has 2 rings (SSSR count). The minimum absolute atomic E-state index is 0.366. The number of aliphatic hydroxyl groups is 1. The lowest BCUT2D eigenvalue weighted by Crippen LogP contribution is -2.46. The molecule has 4 nitrogen and oxygen atoms in total. The van der Waals surface area contributed by atoms with E-state index >= 15 is 0 Å². The molecule has 0 saturated carbocycles. The molecule has 5 heteroatoms. The highest BCUT2D eigenvalue weighted by Crippen LogP contribution is 2.34. The van der Waals surface area contributed by atoms with E-state index in [2.05, 4.69) is 21.0 Å². The van der Waals surface area contributed by atoms with E-state index in [0.717, 1.165) is 21.4 Å². The Morgan fingerprint density at radius 1 is 1.38 bits per heavy atom. The Morgan fingerprint density at radius 3 is 2.43 bits per heavy atom. The fourth-order valence-electron chi connectivity index (χ4n) is 2.79.